The second-order valence-electron chi connectivity index (χ2n) is 5.32. The Morgan fingerprint density at radius 1 is 1.42 bits per heavy atom. The Balaban J connectivity index is 2.13. The summed E-state index contributed by atoms with van der Waals surface area (Å²) in [5.74, 6) is 0.509. The van der Waals surface area contributed by atoms with Gasteiger partial charge in [0.05, 0.1) is 0 Å². The molecule has 1 amide bonds. The van der Waals surface area contributed by atoms with Crippen LogP contribution in [0.3, 0.4) is 0 Å². The molecule has 1 aliphatic rings. The molecule has 0 saturated carbocycles. The molecule has 2 nitrogen and oxygen atoms in total. The summed E-state index contributed by atoms with van der Waals surface area (Å²) in [4.78, 5) is 14.5. The van der Waals surface area contributed by atoms with E-state index in [1.165, 1.54) is 18.2 Å². The largest absolute Gasteiger partial charge is 0.338 e. The number of thioether (sulfide) groups is 1. The van der Waals surface area contributed by atoms with Crippen LogP contribution in [-0.4, -0.2) is 34.4 Å². The molecule has 2 rings (SSSR count). The van der Waals surface area contributed by atoms with Crippen molar-refractivity contribution in [2.45, 2.75) is 29.9 Å². The van der Waals surface area contributed by atoms with Gasteiger partial charge in [-0.2, -0.15) is 11.8 Å². The third-order valence-corrected chi connectivity index (χ3v) is 5.03. The molecule has 1 heterocycles. The first-order chi connectivity index (χ1) is 8.89. The molecule has 1 fully saturated rings. The van der Waals surface area contributed by atoms with Crippen molar-refractivity contribution in [1.29, 1.82) is 0 Å². The maximum absolute atomic E-state index is 13.2. The molecule has 0 spiro atoms. The van der Waals surface area contributed by atoms with Crippen LogP contribution >= 0.6 is 24.4 Å². The van der Waals surface area contributed by atoms with Crippen molar-refractivity contribution in [3.8, 4) is 0 Å². The Morgan fingerprint density at radius 3 is 2.84 bits per heavy atom. The van der Waals surface area contributed by atoms with E-state index in [-0.39, 0.29) is 15.5 Å². The minimum absolute atomic E-state index is 0.0337. The molecular weight excluding hydrogens is 281 g/mol. The van der Waals surface area contributed by atoms with Gasteiger partial charge in [0.15, 0.2) is 0 Å². The summed E-state index contributed by atoms with van der Waals surface area (Å²) < 4.78 is 13.4. The van der Waals surface area contributed by atoms with Crippen LogP contribution in [0.25, 0.3) is 0 Å². The van der Waals surface area contributed by atoms with Crippen molar-refractivity contribution in [3.05, 3.63) is 29.6 Å². The number of hydrogen-bond donors (Lipinski definition) is 1. The van der Waals surface area contributed by atoms with Crippen molar-refractivity contribution in [2.24, 2.45) is 0 Å². The molecule has 1 aromatic carbocycles. The predicted molar refractivity (Wildman–Crippen MR) is 80.7 cm³/mol. The average molecular weight is 299 g/mol. The van der Waals surface area contributed by atoms with Gasteiger partial charge in [0.25, 0.3) is 5.91 Å². The zero-order valence-electron chi connectivity index (χ0n) is 11.1. The molecule has 1 aromatic rings. The van der Waals surface area contributed by atoms with E-state index in [1.54, 1.807) is 0 Å². The lowest BCUT2D eigenvalue weighted by Gasteiger charge is -2.22. The number of rotatable bonds is 1. The third-order valence-electron chi connectivity index (χ3n) is 3.32. The lowest BCUT2D eigenvalue weighted by molar-refractivity contribution is 0.0764. The van der Waals surface area contributed by atoms with E-state index in [2.05, 4.69) is 26.5 Å². The van der Waals surface area contributed by atoms with Crippen LogP contribution in [0.15, 0.2) is 23.1 Å². The maximum atomic E-state index is 13.2. The van der Waals surface area contributed by atoms with Gasteiger partial charge < -0.3 is 4.90 Å². The number of nitrogens with zero attached hydrogens (tertiary/aromatic N) is 1. The highest BCUT2D eigenvalue weighted by Crippen LogP contribution is 2.31. The van der Waals surface area contributed by atoms with Crippen molar-refractivity contribution < 1.29 is 9.18 Å². The number of carbonyl (C=O) groups is 1. The summed E-state index contributed by atoms with van der Waals surface area (Å²) in [5, 5.41) is 0. The first-order valence-corrected chi connectivity index (χ1v) is 7.74. The number of halogens is 1. The number of amides is 1. The van der Waals surface area contributed by atoms with Gasteiger partial charge in [-0.3, -0.25) is 4.79 Å². The summed E-state index contributed by atoms with van der Waals surface area (Å²) in [5.41, 5.74) is 0.510. The fraction of sp³-hybridized carbons (Fsp3) is 0.500. The lowest BCUT2D eigenvalue weighted by Crippen LogP contribution is -2.33. The zero-order chi connectivity index (χ0) is 14.0. The van der Waals surface area contributed by atoms with Crippen molar-refractivity contribution >= 4 is 30.3 Å². The molecule has 5 heteroatoms. The molecule has 0 aliphatic carbocycles. The van der Waals surface area contributed by atoms with Crippen LogP contribution in [0.1, 0.15) is 30.6 Å². The maximum Gasteiger partial charge on any atom is 0.253 e. The number of thiol groups is 1. The standard InChI is InChI=1S/C14H18FNOS2/c1-14(2)5-6-16(7-8-19-14)13(17)10-3-4-11(15)12(18)9-10/h3-4,9,18H,5-8H2,1-2H3. The molecular formula is C14H18FNOS2. The van der Waals surface area contributed by atoms with E-state index in [0.29, 0.717) is 5.56 Å². The Labute approximate surface area is 123 Å². The van der Waals surface area contributed by atoms with E-state index in [0.717, 1.165) is 25.3 Å². The Bertz CT molecular complexity index is 490. The Morgan fingerprint density at radius 2 is 2.16 bits per heavy atom. The Kier molecular flexibility index (Phi) is 4.46. The van der Waals surface area contributed by atoms with Gasteiger partial charge >= 0.3 is 0 Å². The second kappa shape index (κ2) is 5.75. The van der Waals surface area contributed by atoms with Crippen molar-refractivity contribution in [1.82, 2.24) is 4.90 Å². The molecule has 0 N–H and O–H groups in total. The topological polar surface area (TPSA) is 20.3 Å². The van der Waals surface area contributed by atoms with E-state index < -0.39 is 5.82 Å². The first-order valence-electron chi connectivity index (χ1n) is 6.31. The van der Waals surface area contributed by atoms with Crippen molar-refractivity contribution in [3.63, 3.8) is 0 Å². The van der Waals surface area contributed by atoms with Gasteiger partial charge in [-0.15, -0.1) is 12.6 Å². The normalized spacial score (nSPS) is 19.1. The minimum atomic E-state index is -0.396. The third kappa shape index (κ3) is 3.66. The van der Waals surface area contributed by atoms with Gasteiger partial charge in [0.2, 0.25) is 0 Å². The molecule has 1 saturated heterocycles. The molecule has 0 aromatic heterocycles. The molecule has 1 aliphatic heterocycles. The first kappa shape index (κ1) is 14.7. The van der Waals surface area contributed by atoms with E-state index in [1.807, 2.05) is 16.7 Å². The van der Waals surface area contributed by atoms with Gasteiger partial charge in [-0.25, -0.2) is 4.39 Å². The van der Waals surface area contributed by atoms with Crippen LogP contribution in [0.2, 0.25) is 0 Å². The van der Waals surface area contributed by atoms with Crippen LogP contribution < -0.4 is 0 Å². The Hall–Kier alpha value is -0.680. The van der Waals surface area contributed by atoms with Crippen LogP contribution in [0.5, 0.6) is 0 Å². The molecule has 104 valence electrons. The molecule has 0 unspecified atom stereocenters. The number of benzene rings is 1. The zero-order valence-corrected chi connectivity index (χ0v) is 12.9. The summed E-state index contributed by atoms with van der Waals surface area (Å²) in [7, 11) is 0. The SMILES string of the molecule is CC1(C)CCN(C(=O)c2ccc(F)c(S)c2)CCS1. The highest BCUT2D eigenvalue weighted by Gasteiger charge is 2.26. The van der Waals surface area contributed by atoms with Gasteiger partial charge in [0, 0.05) is 34.0 Å². The predicted octanol–water partition coefficient (Wildman–Crippen LogP) is 3.47. The number of carbonyl (C=O) groups excluding carboxylic acids is 1. The van der Waals surface area contributed by atoms with Gasteiger partial charge in [-0.1, -0.05) is 13.8 Å². The second-order valence-corrected chi connectivity index (χ2v) is 7.60. The molecule has 19 heavy (non-hydrogen) atoms. The minimum Gasteiger partial charge on any atom is -0.338 e. The van der Waals surface area contributed by atoms with E-state index in [9.17, 15) is 9.18 Å². The fourth-order valence-corrected chi connectivity index (χ4v) is 3.37. The summed E-state index contributed by atoms with van der Waals surface area (Å²) in [6.07, 6.45) is 0.971. The van der Waals surface area contributed by atoms with Gasteiger partial charge in [0.1, 0.15) is 5.82 Å². The molecule has 0 radical (unpaired) electrons. The molecule has 0 bridgehead atoms. The fourth-order valence-electron chi connectivity index (χ4n) is 2.05. The summed E-state index contributed by atoms with van der Waals surface area (Å²) in [6, 6.07) is 4.33. The molecule has 0 atom stereocenters. The van der Waals surface area contributed by atoms with E-state index in [4.69, 9.17) is 0 Å². The highest BCUT2D eigenvalue weighted by atomic mass is 32.2. The lowest BCUT2D eigenvalue weighted by atomic mass is 10.1. The van der Waals surface area contributed by atoms with Crippen LogP contribution in [-0.2, 0) is 0 Å². The van der Waals surface area contributed by atoms with E-state index >= 15 is 0 Å². The van der Waals surface area contributed by atoms with Crippen LogP contribution in [0.4, 0.5) is 4.39 Å². The highest BCUT2D eigenvalue weighted by molar-refractivity contribution is 8.00. The summed E-state index contributed by atoms with van der Waals surface area (Å²) >= 11 is 5.92. The summed E-state index contributed by atoms with van der Waals surface area (Å²) in [6.45, 7) is 5.90. The quantitative estimate of drug-likeness (QED) is 0.801. The van der Waals surface area contributed by atoms with Gasteiger partial charge in [-0.05, 0) is 24.6 Å². The van der Waals surface area contributed by atoms with Crippen molar-refractivity contribution in [2.75, 3.05) is 18.8 Å². The van der Waals surface area contributed by atoms with Crippen LogP contribution in [0, 0.1) is 5.82 Å². The smallest absolute Gasteiger partial charge is 0.253 e. The number of hydrogen-bond acceptors (Lipinski definition) is 3. The average Bonchev–Trinajstić information content (AvgIpc) is 2.53. The monoisotopic (exact) mass is 299 g/mol.